The zero-order valence-electron chi connectivity index (χ0n) is 16.1. The first kappa shape index (κ1) is 21.5. The summed E-state index contributed by atoms with van der Waals surface area (Å²) < 4.78 is 47.7. The number of para-hydroxylation sites is 1. The normalized spacial score (nSPS) is 15.9. The van der Waals surface area contributed by atoms with Gasteiger partial charge in [0.1, 0.15) is 5.75 Å². The second-order valence-corrected chi connectivity index (χ2v) is 8.48. The number of fused-ring (bicyclic) bond motifs is 1. The number of aliphatic hydroxyl groups is 1. The highest BCUT2D eigenvalue weighted by molar-refractivity contribution is 6.31. The smallest absolute Gasteiger partial charge is 0.417 e. The van der Waals surface area contributed by atoms with Crippen molar-refractivity contribution in [2.45, 2.75) is 50.3 Å². The Morgan fingerprint density at radius 3 is 2.55 bits per heavy atom. The molecule has 154 valence electrons. The third-order valence-electron chi connectivity index (χ3n) is 5.37. The fraction of sp³-hybridized carbons (Fsp3) is 0.409. The van der Waals surface area contributed by atoms with E-state index in [1.807, 2.05) is 12.1 Å². The van der Waals surface area contributed by atoms with Crippen molar-refractivity contribution in [3.63, 3.8) is 0 Å². The van der Waals surface area contributed by atoms with Crippen LogP contribution in [0.1, 0.15) is 42.5 Å². The number of hydrogen-bond acceptors (Lipinski definition) is 3. The van der Waals surface area contributed by atoms with E-state index in [0.717, 1.165) is 5.56 Å². The predicted octanol–water partition coefficient (Wildman–Crippen LogP) is 5.35. The highest BCUT2D eigenvalue weighted by atomic mass is 35.5. The van der Waals surface area contributed by atoms with Crippen LogP contribution in [0.15, 0.2) is 36.4 Å². The maximum absolute atomic E-state index is 14.0. The number of halogens is 4. The number of hydrogen-bond donors (Lipinski definition) is 1. The van der Waals surface area contributed by atoms with E-state index in [1.165, 1.54) is 18.2 Å². The molecule has 0 fully saturated rings. The van der Waals surface area contributed by atoms with Gasteiger partial charge in [-0.2, -0.15) is 18.4 Å². The minimum Gasteiger partial charge on any atom is -0.493 e. The van der Waals surface area contributed by atoms with E-state index in [-0.39, 0.29) is 16.1 Å². The lowest BCUT2D eigenvalue weighted by Gasteiger charge is -2.38. The standard InChI is InChI=1S/C22H21ClF3NO2/c1-20(2,17-5-3-4-15-8-9-29-19(15)17)13-21(28,22(24,25)26)11-16-7-6-14(12-27)10-18(16)23/h3-7,10,28H,8-9,11,13H2,1-2H3. The molecule has 1 atom stereocenters. The molecule has 3 nitrogen and oxygen atoms in total. The van der Waals surface area contributed by atoms with Gasteiger partial charge in [0.25, 0.3) is 0 Å². The Balaban J connectivity index is 1.97. The predicted molar refractivity (Wildman–Crippen MR) is 104 cm³/mol. The van der Waals surface area contributed by atoms with Crippen LogP contribution in [0.5, 0.6) is 5.75 Å². The topological polar surface area (TPSA) is 53.2 Å². The van der Waals surface area contributed by atoms with E-state index in [2.05, 4.69) is 0 Å². The molecule has 0 spiro atoms. The van der Waals surface area contributed by atoms with E-state index in [1.54, 1.807) is 26.0 Å². The first-order valence-electron chi connectivity index (χ1n) is 9.20. The number of ether oxygens (including phenoxy) is 1. The molecule has 0 bridgehead atoms. The summed E-state index contributed by atoms with van der Waals surface area (Å²) in [6.07, 6.45) is -5.44. The molecule has 0 saturated heterocycles. The average molecular weight is 424 g/mol. The zero-order chi connectivity index (χ0) is 21.4. The molecule has 1 heterocycles. The second kappa shape index (κ2) is 7.55. The van der Waals surface area contributed by atoms with Crippen molar-refractivity contribution >= 4 is 11.6 Å². The molecule has 1 aliphatic heterocycles. The van der Waals surface area contributed by atoms with Crippen LogP contribution in [-0.4, -0.2) is 23.5 Å². The molecule has 29 heavy (non-hydrogen) atoms. The van der Waals surface area contributed by atoms with Gasteiger partial charge in [-0.25, -0.2) is 0 Å². The van der Waals surface area contributed by atoms with Crippen LogP contribution < -0.4 is 4.74 Å². The van der Waals surface area contributed by atoms with Crippen LogP contribution in [0.3, 0.4) is 0 Å². The zero-order valence-corrected chi connectivity index (χ0v) is 16.9. The lowest BCUT2D eigenvalue weighted by molar-refractivity contribution is -0.266. The van der Waals surface area contributed by atoms with E-state index in [4.69, 9.17) is 21.6 Å². The molecular formula is C22H21ClF3NO2. The molecule has 3 rings (SSSR count). The quantitative estimate of drug-likeness (QED) is 0.705. The van der Waals surface area contributed by atoms with E-state index in [9.17, 15) is 18.3 Å². The van der Waals surface area contributed by atoms with E-state index >= 15 is 0 Å². The second-order valence-electron chi connectivity index (χ2n) is 8.08. The van der Waals surface area contributed by atoms with Gasteiger partial charge >= 0.3 is 6.18 Å². The summed E-state index contributed by atoms with van der Waals surface area (Å²) in [4.78, 5) is 0. The van der Waals surface area contributed by atoms with Crippen molar-refractivity contribution in [1.29, 1.82) is 5.26 Å². The number of benzene rings is 2. The van der Waals surface area contributed by atoms with Crippen molar-refractivity contribution in [2.24, 2.45) is 0 Å². The van der Waals surface area contributed by atoms with Gasteiger partial charge in [-0.05, 0) is 35.1 Å². The van der Waals surface area contributed by atoms with Crippen molar-refractivity contribution in [3.05, 3.63) is 63.7 Å². The van der Waals surface area contributed by atoms with Gasteiger partial charge in [-0.1, -0.05) is 49.7 Å². The first-order chi connectivity index (χ1) is 13.5. The minimum atomic E-state index is -4.87. The van der Waals surface area contributed by atoms with Crippen LogP contribution in [0.2, 0.25) is 5.02 Å². The Morgan fingerprint density at radius 2 is 1.93 bits per heavy atom. The number of nitriles is 1. The largest absolute Gasteiger partial charge is 0.493 e. The summed E-state index contributed by atoms with van der Waals surface area (Å²) in [6, 6.07) is 11.4. The third kappa shape index (κ3) is 4.22. The summed E-state index contributed by atoms with van der Waals surface area (Å²) in [5.41, 5.74) is -2.04. The third-order valence-corrected chi connectivity index (χ3v) is 5.72. The van der Waals surface area contributed by atoms with Crippen LogP contribution in [0.25, 0.3) is 0 Å². The lowest BCUT2D eigenvalue weighted by atomic mass is 9.72. The molecule has 0 radical (unpaired) electrons. The Labute approximate surface area is 172 Å². The Bertz CT molecular complexity index is 966. The molecule has 7 heteroatoms. The van der Waals surface area contributed by atoms with Crippen LogP contribution >= 0.6 is 11.6 Å². The SMILES string of the molecule is CC(C)(CC(O)(Cc1ccc(C#N)cc1Cl)C(F)(F)F)c1cccc2c1OCC2. The van der Waals surface area contributed by atoms with Gasteiger partial charge in [0.05, 0.1) is 18.2 Å². The van der Waals surface area contributed by atoms with Gasteiger partial charge in [0.2, 0.25) is 0 Å². The number of alkyl halides is 3. The highest BCUT2D eigenvalue weighted by Crippen LogP contribution is 2.46. The van der Waals surface area contributed by atoms with Crippen molar-refractivity contribution in [3.8, 4) is 11.8 Å². The molecule has 0 saturated carbocycles. The highest BCUT2D eigenvalue weighted by Gasteiger charge is 2.56. The maximum atomic E-state index is 14.0. The summed E-state index contributed by atoms with van der Waals surface area (Å²) >= 11 is 6.08. The molecule has 2 aromatic rings. The number of rotatable bonds is 5. The van der Waals surface area contributed by atoms with Gasteiger partial charge < -0.3 is 9.84 Å². The van der Waals surface area contributed by atoms with E-state index < -0.39 is 30.0 Å². The summed E-state index contributed by atoms with van der Waals surface area (Å²) in [5, 5.41) is 19.8. The molecule has 1 aliphatic rings. The first-order valence-corrected chi connectivity index (χ1v) is 9.57. The van der Waals surface area contributed by atoms with Gasteiger partial charge in [0, 0.05) is 23.4 Å². The van der Waals surface area contributed by atoms with Gasteiger partial charge in [0.15, 0.2) is 5.60 Å². The van der Waals surface area contributed by atoms with Gasteiger partial charge in [-0.15, -0.1) is 0 Å². The molecular weight excluding hydrogens is 403 g/mol. The molecule has 0 aromatic heterocycles. The van der Waals surface area contributed by atoms with E-state index in [0.29, 0.717) is 24.3 Å². The summed E-state index contributed by atoms with van der Waals surface area (Å²) in [7, 11) is 0. The Hall–Kier alpha value is -2.23. The van der Waals surface area contributed by atoms with Crippen LogP contribution in [-0.2, 0) is 18.3 Å². The fourth-order valence-electron chi connectivity index (χ4n) is 3.91. The molecule has 2 aromatic carbocycles. The fourth-order valence-corrected chi connectivity index (χ4v) is 4.16. The molecule has 1 unspecified atom stereocenters. The molecule has 0 amide bonds. The Kier molecular flexibility index (Phi) is 5.59. The summed E-state index contributed by atoms with van der Waals surface area (Å²) in [6.45, 7) is 3.83. The maximum Gasteiger partial charge on any atom is 0.417 e. The minimum absolute atomic E-state index is 0.0217. The molecule has 1 N–H and O–H groups in total. The lowest BCUT2D eigenvalue weighted by Crippen LogP contribution is -2.50. The average Bonchev–Trinajstić information content (AvgIpc) is 3.10. The Morgan fingerprint density at radius 1 is 1.21 bits per heavy atom. The van der Waals surface area contributed by atoms with Crippen molar-refractivity contribution in [2.75, 3.05) is 6.61 Å². The van der Waals surface area contributed by atoms with Crippen LogP contribution in [0, 0.1) is 11.3 Å². The molecule has 0 aliphatic carbocycles. The van der Waals surface area contributed by atoms with Crippen molar-refractivity contribution < 1.29 is 23.0 Å². The van der Waals surface area contributed by atoms with Crippen LogP contribution in [0.4, 0.5) is 13.2 Å². The monoisotopic (exact) mass is 423 g/mol. The van der Waals surface area contributed by atoms with Crippen molar-refractivity contribution in [1.82, 2.24) is 0 Å². The van der Waals surface area contributed by atoms with Gasteiger partial charge in [-0.3, -0.25) is 0 Å². The number of nitrogens with zero attached hydrogens (tertiary/aromatic N) is 1. The summed E-state index contributed by atoms with van der Waals surface area (Å²) in [5.74, 6) is 0.610.